The third-order valence-electron chi connectivity index (χ3n) is 2.75. The van der Waals surface area contributed by atoms with Crippen LogP contribution in [0.25, 0.3) is 0 Å². The van der Waals surface area contributed by atoms with Gasteiger partial charge in [-0.25, -0.2) is 10.9 Å². The predicted molar refractivity (Wildman–Crippen MR) is 75.6 cm³/mol. The second kappa shape index (κ2) is 5.22. The minimum Gasteiger partial charge on any atom is -0.248 e. The lowest BCUT2D eigenvalue weighted by Gasteiger charge is -2.25. The zero-order valence-electron chi connectivity index (χ0n) is 9.80. The normalized spacial score (nSPS) is 11.6. The van der Waals surface area contributed by atoms with E-state index in [1.54, 1.807) is 0 Å². The predicted octanol–water partition coefficient (Wildman–Crippen LogP) is 4.04. The van der Waals surface area contributed by atoms with Crippen LogP contribution in [0.3, 0.4) is 0 Å². The zero-order chi connectivity index (χ0) is 11.4. The summed E-state index contributed by atoms with van der Waals surface area (Å²) in [6, 6.07) is 21.6. The Morgan fingerprint density at radius 3 is 1.38 bits per heavy atom. The molecule has 0 aliphatic heterocycles. The fraction of sp³-hybridized carbons (Fsp3) is 0.200. The van der Waals surface area contributed by atoms with E-state index in [0.717, 1.165) is 0 Å². The van der Waals surface area contributed by atoms with Gasteiger partial charge in [0.25, 0.3) is 0 Å². The van der Waals surface area contributed by atoms with Gasteiger partial charge in [0.05, 0.1) is 0 Å². The minimum atomic E-state index is -0.0165. The van der Waals surface area contributed by atoms with E-state index >= 15 is 0 Å². The van der Waals surface area contributed by atoms with Crippen molar-refractivity contribution in [3.8, 4) is 0 Å². The molecule has 0 unspecified atom stereocenters. The number of hydrogen-bond donors (Lipinski definition) is 1. The van der Waals surface area contributed by atoms with E-state index in [0.29, 0.717) is 5.25 Å². The summed E-state index contributed by atoms with van der Waals surface area (Å²) in [6.45, 7) is 0. The molecule has 0 N–H and O–H groups in total. The van der Waals surface area contributed by atoms with Gasteiger partial charge in [-0.2, -0.15) is 0 Å². The number of benzene rings is 2. The van der Waals surface area contributed by atoms with E-state index < -0.39 is 0 Å². The van der Waals surface area contributed by atoms with Crippen molar-refractivity contribution < 1.29 is 0 Å². The summed E-state index contributed by atoms with van der Waals surface area (Å²) in [5, 5.41) is 0.567. The molecule has 0 bridgehead atoms. The van der Waals surface area contributed by atoms with Crippen LogP contribution in [0.5, 0.6) is 0 Å². The highest BCUT2D eigenvalue weighted by atomic mass is 32.2. The van der Waals surface area contributed by atoms with Crippen molar-refractivity contribution >= 4 is 10.9 Å². The summed E-state index contributed by atoms with van der Waals surface area (Å²) in [4.78, 5) is 0. The van der Waals surface area contributed by atoms with Gasteiger partial charge in [-0.05, 0) is 23.6 Å². The van der Waals surface area contributed by atoms with E-state index in [1.807, 2.05) is 0 Å². The first-order valence-corrected chi connectivity index (χ1v) is 7.86. The van der Waals surface area contributed by atoms with Crippen LogP contribution >= 0.6 is 10.9 Å². The van der Waals surface area contributed by atoms with E-state index in [-0.39, 0.29) is 10.9 Å². The highest BCUT2D eigenvalue weighted by molar-refractivity contribution is 8.16. The number of hydrogen-bond acceptors (Lipinski definition) is 0. The fourth-order valence-electron chi connectivity index (χ4n) is 2.06. The summed E-state index contributed by atoms with van der Waals surface area (Å²) < 4.78 is 0. The first kappa shape index (κ1) is 11.3. The molecule has 0 aliphatic rings. The summed E-state index contributed by atoms with van der Waals surface area (Å²) >= 11 is 0. The molecular formula is C15H18S. The van der Waals surface area contributed by atoms with Crippen molar-refractivity contribution in [1.29, 1.82) is 0 Å². The van der Waals surface area contributed by atoms with Gasteiger partial charge in [-0.3, -0.25) is 0 Å². The smallest absolute Gasteiger partial charge is 0.0364 e. The van der Waals surface area contributed by atoms with Gasteiger partial charge in [0, 0.05) is 5.25 Å². The molecule has 0 nitrogen and oxygen atoms in total. The van der Waals surface area contributed by atoms with Gasteiger partial charge < -0.3 is 0 Å². The lowest BCUT2D eigenvalue weighted by Crippen LogP contribution is -2.00. The Bertz CT molecular complexity index is 380. The molecule has 84 valence electrons. The first-order valence-electron chi connectivity index (χ1n) is 5.55. The topological polar surface area (TPSA) is 0 Å². The summed E-state index contributed by atoms with van der Waals surface area (Å²) in [5.74, 6) is 0. The van der Waals surface area contributed by atoms with Crippen LogP contribution in [-0.4, -0.2) is 12.5 Å². The quantitative estimate of drug-likeness (QED) is 0.756. The van der Waals surface area contributed by atoms with Gasteiger partial charge >= 0.3 is 0 Å². The molecule has 0 fully saturated rings. The molecule has 0 atom stereocenters. The average Bonchev–Trinajstić information content (AvgIpc) is 2.31. The Morgan fingerprint density at radius 1 is 0.688 bits per heavy atom. The minimum absolute atomic E-state index is 0.0165. The van der Waals surface area contributed by atoms with Crippen LogP contribution in [0.2, 0.25) is 0 Å². The van der Waals surface area contributed by atoms with Crippen LogP contribution in [0.4, 0.5) is 0 Å². The molecule has 2 aromatic carbocycles. The summed E-state index contributed by atoms with van der Waals surface area (Å²) in [5.41, 5.74) is 2.87. The van der Waals surface area contributed by atoms with Crippen LogP contribution in [0, 0.1) is 0 Å². The van der Waals surface area contributed by atoms with Crippen molar-refractivity contribution in [3.63, 3.8) is 0 Å². The summed E-state index contributed by atoms with van der Waals surface area (Å²) in [6.07, 6.45) is 4.69. The molecule has 16 heavy (non-hydrogen) atoms. The molecule has 1 heteroatoms. The molecule has 0 radical (unpaired) electrons. The molecule has 0 aliphatic carbocycles. The standard InChI is InChI=1S/C15H18S/c1-16(2)15(13-9-5-3-6-10-13)14-11-7-4-8-12-14/h3-12,15-16H,1-2H3. The van der Waals surface area contributed by atoms with Gasteiger partial charge in [-0.15, -0.1) is 0 Å². The Balaban J connectivity index is 2.40. The molecule has 2 aromatic rings. The third kappa shape index (κ3) is 2.48. The Labute approximate surface area is 101 Å². The maximum atomic E-state index is 2.35. The van der Waals surface area contributed by atoms with Gasteiger partial charge in [0.1, 0.15) is 0 Å². The second-order valence-corrected chi connectivity index (χ2v) is 6.63. The molecule has 0 saturated carbocycles. The highest BCUT2D eigenvalue weighted by Gasteiger charge is 2.14. The van der Waals surface area contributed by atoms with Gasteiger partial charge in [0.15, 0.2) is 0 Å². The van der Waals surface area contributed by atoms with Gasteiger partial charge in [0.2, 0.25) is 0 Å². The fourth-order valence-corrected chi connectivity index (χ4v) is 3.60. The lowest BCUT2D eigenvalue weighted by molar-refractivity contribution is 1.15. The van der Waals surface area contributed by atoms with Crippen molar-refractivity contribution in [2.45, 2.75) is 5.25 Å². The Hall–Kier alpha value is -1.21. The van der Waals surface area contributed by atoms with Crippen LogP contribution in [0.1, 0.15) is 16.4 Å². The molecule has 2 rings (SSSR count). The molecule has 0 saturated heterocycles. The van der Waals surface area contributed by atoms with Crippen LogP contribution < -0.4 is 0 Å². The van der Waals surface area contributed by atoms with E-state index in [9.17, 15) is 0 Å². The molecule has 0 amide bonds. The molecule has 0 aromatic heterocycles. The monoisotopic (exact) mass is 230 g/mol. The van der Waals surface area contributed by atoms with Gasteiger partial charge in [-0.1, -0.05) is 60.7 Å². The van der Waals surface area contributed by atoms with Crippen molar-refractivity contribution in [2.75, 3.05) is 12.5 Å². The Morgan fingerprint density at radius 2 is 1.06 bits per heavy atom. The summed E-state index contributed by atoms with van der Waals surface area (Å²) in [7, 11) is -0.0165. The van der Waals surface area contributed by atoms with E-state index in [1.165, 1.54) is 11.1 Å². The maximum Gasteiger partial charge on any atom is 0.0364 e. The number of thiol groups is 1. The second-order valence-electron chi connectivity index (χ2n) is 4.19. The highest BCUT2D eigenvalue weighted by Crippen LogP contribution is 2.42. The zero-order valence-corrected chi connectivity index (χ0v) is 10.7. The van der Waals surface area contributed by atoms with E-state index in [4.69, 9.17) is 0 Å². The molecule has 0 spiro atoms. The third-order valence-corrected chi connectivity index (χ3v) is 4.38. The van der Waals surface area contributed by atoms with Crippen molar-refractivity contribution in [1.82, 2.24) is 0 Å². The lowest BCUT2D eigenvalue weighted by atomic mass is 10.0. The maximum absolute atomic E-state index is 2.35. The largest absolute Gasteiger partial charge is 0.248 e. The molecule has 0 heterocycles. The SMILES string of the molecule is C[SH](C)C(c1ccccc1)c1ccccc1. The van der Waals surface area contributed by atoms with Crippen molar-refractivity contribution in [2.24, 2.45) is 0 Å². The molecular weight excluding hydrogens is 212 g/mol. The average molecular weight is 230 g/mol. The number of rotatable bonds is 3. The van der Waals surface area contributed by atoms with Crippen molar-refractivity contribution in [3.05, 3.63) is 71.8 Å². The Kier molecular flexibility index (Phi) is 3.68. The first-order chi connectivity index (χ1) is 7.79. The van der Waals surface area contributed by atoms with Crippen LogP contribution in [0.15, 0.2) is 60.7 Å². The van der Waals surface area contributed by atoms with Crippen LogP contribution in [-0.2, 0) is 0 Å². The van der Waals surface area contributed by atoms with E-state index in [2.05, 4.69) is 73.2 Å².